The third kappa shape index (κ3) is 3.27. The van der Waals surface area contributed by atoms with E-state index in [2.05, 4.69) is 5.32 Å². The quantitative estimate of drug-likeness (QED) is 0.883. The van der Waals surface area contributed by atoms with E-state index in [-0.39, 0.29) is 5.75 Å². The van der Waals surface area contributed by atoms with E-state index >= 15 is 0 Å². The predicted octanol–water partition coefficient (Wildman–Crippen LogP) is 3.67. The van der Waals surface area contributed by atoms with E-state index in [1.165, 1.54) is 0 Å². The van der Waals surface area contributed by atoms with Gasteiger partial charge in [-0.1, -0.05) is 11.6 Å². The molecule has 0 radical (unpaired) electrons. The molecule has 2 rings (SSSR count). The second-order valence-electron chi connectivity index (χ2n) is 4.20. The van der Waals surface area contributed by atoms with Gasteiger partial charge in [-0.15, -0.1) is 0 Å². The highest BCUT2D eigenvalue weighted by atomic mass is 35.5. The molecule has 0 amide bonds. The molecule has 5 heteroatoms. The molecule has 0 aliphatic heterocycles. The monoisotopic (exact) mass is 293 g/mol. The molecule has 0 heterocycles. The van der Waals surface area contributed by atoms with Crippen LogP contribution in [-0.4, -0.2) is 19.3 Å². The molecule has 0 aliphatic carbocycles. The van der Waals surface area contributed by atoms with E-state index in [9.17, 15) is 5.11 Å². The van der Waals surface area contributed by atoms with Crippen LogP contribution in [0.1, 0.15) is 5.56 Å². The molecule has 0 aromatic heterocycles. The maximum atomic E-state index is 9.87. The number of nitrogens with one attached hydrogen (secondary N) is 1. The van der Waals surface area contributed by atoms with Crippen LogP contribution in [0.25, 0.3) is 0 Å². The predicted molar refractivity (Wildman–Crippen MR) is 80.0 cm³/mol. The van der Waals surface area contributed by atoms with Crippen LogP contribution >= 0.6 is 11.6 Å². The zero-order valence-electron chi connectivity index (χ0n) is 11.3. The maximum absolute atomic E-state index is 9.87. The molecule has 0 bridgehead atoms. The van der Waals surface area contributed by atoms with Crippen LogP contribution in [0.15, 0.2) is 36.4 Å². The van der Waals surface area contributed by atoms with Crippen molar-refractivity contribution in [2.45, 2.75) is 6.54 Å². The van der Waals surface area contributed by atoms with Gasteiger partial charge in [0.2, 0.25) is 0 Å². The Balaban J connectivity index is 2.07. The summed E-state index contributed by atoms with van der Waals surface area (Å²) in [5.41, 5.74) is 1.63. The fraction of sp³-hybridized carbons (Fsp3) is 0.200. The second kappa shape index (κ2) is 6.39. The molecule has 0 unspecified atom stereocenters. The van der Waals surface area contributed by atoms with E-state index in [0.717, 1.165) is 11.3 Å². The molecule has 0 saturated carbocycles. The van der Waals surface area contributed by atoms with Gasteiger partial charge in [0.15, 0.2) is 0 Å². The number of anilines is 1. The van der Waals surface area contributed by atoms with Gasteiger partial charge in [-0.2, -0.15) is 0 Å². The Morgan fingerprint density at radius 3 is 2.50 bits per heavy atom. The second-order valence-corrected chi connectivity index (χ2v) is 4.60. The summed E-state index contributed by atoms with van der Waals surface area (Å²) in [4.78, 5) is 0. The average molecular weight is 294 g/mol. The van der Waals surface area contributed by atoms with Crippen molar-refractivity contribution in [3.63, 3.8) is 0 Å². The Labute approximate surface area is 122 Å². The molecular weight excluding hydrogens is 278 g/mol. The first-order valence-corrected chi connectivity index (χ1v) is 6.45. The van der Waals surface area contributed by atoms with Crippen LogP contribution < -0.4 is 14.8 Å². The van der Waals surface area contributed by atoms with Crippen LogP contribution in [0.2, 0.25) is 5.02 Å². The Morgan fingerprint density at radius 2 is 1.90 bits per heavy atom. The van der Waals surface area contributed by atoms with E-state index in [0.29, 0.717) is 23.1 Å². The molecule has 0 fully saturated rings. The van der Waals surface area contributed by atoms with Gasteiger partial charge >= 0.3 is 0 Å². The molecule has 0 aliphatic rings. The first-order valence-electron chi connectivity index (χ1n) is 6.07. The lowest BCUT2D eigenvalue weighted by Crippen LogP contribution is -2.00. The van der Waals surface area contributed by atoms with Crippen molar-refractivity contribution in [1.29, 1.82) is 0 Å². The van der Waals surface area contributed by atoms with Crippen molar-refractivity contribution in [2.24, 2.45) is 0 Å². The average Bonchev–Trinajstić information content (AvgIpc) is 2.46. The minimum absolute atomic E-state index is 0.191. The number of halogens is 1. The summed E-state index contributed by atoms with van der Waals surface area (Å²) in [6.07, 6.45) is 0. The molecule has 2 aromatic rings. The van der Waals surface area contributed by atoms with Gasteiger partial charge in [0, 0.05) is 23.9 Å². The Morgan fingerprint density at radius 1 is 1.10 bits per heavy atom. The number of aromatic hydroxyl groups is 1. The van der Waals surface area contributed by atoms with E-state index in [1.54, 1.807) is 38.5 Å². The fourth-order valence-corrected chi connectivity index (χ4v) is 2.05. The number of methoxy groups -OCH3 is 2. The third-order valence-electron chi connectivity index (χ3n) is 2.93. The van der Waals surface area contributed by atoms with Crippen molar-refractivity contribution in [2.75, 3.05) is 19.5 Å². The lowest BCUT2D eigenvalue weighted by atomic mass is 10.2. The van der Waals surface area contributed by atoms with Gasteiger partial charge in [-0.05, 0) is 30.3 Å². The van der Waals surface area contributed by atoms with Gasteiger partial charge in [0.1, 0.15) is 17.2 Å². The van der Waals surface area contributed by atoms with Crippen LogP contribution in [0.5, 0.6) is 17.2 Å². The number of phenolic OH excluding ortho intramolecular Hbond substituents is 1. The summed E-state index contributed by atoms with van der Waals surface area (Å²) in [6.45, 7) is 0.485. The maximum Gasteiger partial charge on any atom is 0.137 e. The number of benzene rings is 2. The highest BCUT2D eigenvalue weighted by molar-refractivity contribution is 6.32. The number of phenols is 1. The van der Waals surface area contributed by atoms with Gasteiger partial charge in [-0.3, -0.25) is 0 Å². The van der Waals surface area contributed by atoms with Crippen molar-refractivity contribution >= 4 is 17.3 Å². The first kappa shape index (κ1) is 14.3. The van der Waals surface area contributed by atoms with Crippen LogP contribution in [0.4, 0.5) is 5.69 Å². The number of ether oxygens (including phenoxy) is 2. The molecule has 2 N–H and O–H groups in total. The minimum Gasteiger partial charge on any atom is -0.507 e. The van der Waals surface area contributed by atoms with Crippen LogP contribution in [-0.2, 0) is 6.54 Å². The normalized spacial score (nSPS) is 10.2. The summed E-state index contributed by atoms with van der Waals surface area (Å²) in [6, 6.07) is 10.6. The van der Waals surface area contributed by atoms with Crippen LogP contribution in [0, 0.1) is 0 Å². The standard InChI is InChI=1S/C15H16ClNO3/c1-19-12-5-3-10(14(18)8-12)9-17-11-4-6-15(20-2)13(16)7-11/h3-8,17-18H,9H2,1-2H3. The molecule has 0 saturated heterocycles. The lowest BCUT2D eigenvalue weighted by molar-refractivity contribution is 0.406. The number of hydrogen-bond acceptors (Lipinski definition) is 4. The SMILES string of the molecule is COc1ccc(CNc2ccc(OC)c(Cl)c2)c(O)c1. The molecule has 0 atom stereocenters. The summed E-state index contributed by atoms with van der Waals surface area (Å²) < 4.78 is 10.1. The van der Waals surface area contributed by atoms with Crippen molar-refractivity contribution in [3.8, 4) is 17.2 Å². The number of hydrogen-bond donors (Lipinski definition) is 2. The van der Waals surface area contributed by atoms with Gasteiger partial charge < -0.3 is 19.9 Å². The highest BCUT2D eigenvalue weighted by Gasteiger charge is 2.05. The molecule has 4 nitrogen and oxygen atoms in total. The largest absolute Gasteiger partial charge is 0.507 e. The Kier molecular flexibility index (Phi) is 4.58. The van der Waals surface area contributed by atoms with Crippen LogP contribution in [0.3, 0.4) is 0 Å². The number of rotatable bonds is 5. The van der Waals surface area contributed by atoms with E-state index < -0.39 is 0 Å². The molecule has 106 valence electrons. The van der Waals surface area contributed by atoms with Gasteiger partial charge in [0.05, 0.1) is 19.2 Å². The molecule has 20 heavy (non-hydrogen) atoms. The third-order valence-corrected chi connectivity index (χ3v) is 3.22. The van der Waals surface area contributed by atoms with Crippen molar-refractivity contribution in [3.05, 3.63) is 47.0 Å². The molecular formula is C15H16ClNO3. The van der Waals surface area contributed by atoms with Gasteiger partial charge in [-0.25, -0.2) is 0 Å². The van der Waals surface area contributed by atoms with E-state index in [1.807, 2.05) is 12.1 Å². The summed E-state index contributed by atoms with van der Waals surface area (Å²) >= 11 is 6.05. The van der Waals surface area contributed by atoms with E-state index in [4.69, 9.17) is 21.1 Å². The molecule has 2 aromatic carbocycles. The van der Waals surface area contributed by atoms with Crippen molar-refractivity contribution < 1.29 is 14.6 Å². The Bertz CT molecular complexity index is 602. The van der Waals surface area contributed by atoms with Crippen molar-refractivity contribution in [1.82, 2.24) is 0 Å². The topological polar surface area (TPSA) is 50.7 Å². The zero-order valence-corrected chi connectivity index (χ0v) is 12.1. The minimum atomic E-state index is 0.191. The summed E-state index contributed by atoms with van der Waals surface area (Å²) in [5.74, 6) is 1.44. The zero-order chi connectivity index (χ0) is 14.5. The lowest BCUT2D eigenvalue weighted by Gasteiger charge is -2.11. The van der Waals surface area contributed by atoms with Gasteiger partial charge in [0.25, 0.3) is 0 Å². The molecule has 0 spiro atoms. The fourth-order valence-electron chi connectivity index (χ4n) is 1.79. The summed E-state index contributed by atoms with van der Waals surface area (Å²) in [5, 5.41) is 13.6. The Hall–Kier alpha value is -2.07. The first-order chi connectivity index (χ1) is 9.63. The highest BCUT2D eigenvalue weighted by Crippen LogP contribution is 2.28. The smallest absolute Gasteiger partial charge is 0.137 e. The summed E-state index contributed by atoms with van der Waals surface area (Å²) in [7, 11) is 3.13.